The summed E-state index contributed by atoms with van der Waals surface area (Å²) in [6, 6.07) is 8.09. The fourth-order valence-corrected chi connectivity index (χ4v) is 3.18. The van der Waals surface area contributed by atoms with Crippen LogP contribution in [0.2, 0.25) is 5.02 Å². The lowest BCUT2D eigenvalue weighted by Gasteiger charge is -2.35. The van der Waals surface area contributed by atoms with Gasteiger partial charge >= 0.3 is 0 Å². The first-order valence-corrected chi connectivity index (χ1v) is 9.45. The molecule has 0 amide bonds. The molecule has 0 atom stereocenters. The lowest BCUT2D eigenvalue weighted by Crippen LogP contribution is -2.46. The standard InChI is InChI=1S/C19H27ClN6/c1-14(2)17-21-18(24(3)4)23-19(22-17)26-10-8-25(9-11-26)13-15-6-5-7-16(20)12-15/h5-7,12,14H,8-11,13H2,1-4H3. The van der Waals surface area contributed by atoms with E-state index in [1.54, 1.807) is 0 Å². The zero-order valence-corrected chi connectivity index (χ0v) is 16.7. The molecule has 1 aromatic heterocycles. The predicted molar refractivity (Wildman–Crippen MR) is 107 cm³/mol. The van der Waals surface area contributed by atoms with Gasteiger partial charge in [-0.25, -0.2) is 0 Å². The van der Waals surface area contributed by atoms with Crippen molar-refractivity contribution < 1.29 is 0 Å². The Bertz CT molecular complexity index is 714. The second kappa shape index (κ2) is 8.18. The number of hydrogen-bond acceptors (Lipinski definition) is 6. The quantitative estimate of drug-likeness (QED) is 0.801. The zero-order valence-electron chi connectivity index (χ0n) is 16.0. The van der Waals surface area contributed by atoms with E-state index in [1.165, 1.54) is 5.56 Å². The van der Waals surface area contributed by atoms with Crippen LogP contribution in [0.15, 0.2) is 24.3 Å². The van der Waals surface area contributed by atoms with Crippen molar-refractivity contribution in [3.63, 3.8) is 0 Å². The number of halogens is 1. The van der Waals surface area contributed by atoms with E-state index < -0.39 is 0 Å². The van der Waals surface area contributed by atoms with Crippen LogP contribution in [0, 0.1) is 0 Å². The Labute approximate surface area is 160 Å². The van der Waals surface area contributed by atoms with E-state index in [4.69, 9.17) is 16.6 Å². The topological polar surface area (TPSA) is 48.4 Å². The van der Waals surface area contributed by atoms with Gasteiger partial charge in [-0.15, -0.1) is 0 Å². The maximum absolute atomic E-state index is 6.09. The van der Waals surface area contributed by atoms with Crippen molar-refractivity contribution >= 4 is 23.5 Å². The second-order valence-electron chi connectivity index (χ2n) is 7.24. The first-order valence-electron chi connectivity index (χ1n) is 9.07. The van der Waals surface area contributed by atoms with Crippen molar-refractivity contribution in [1.29, 1.82) is 0 Å². The van der Waals surface area contributed by atoms with Gasteiger partial charge in [-0.05, 0) is 17.7 Å². The molecule has 1 aromatic carbocycles. The Morgan fingerprint density at radius 3 is 2.42 bits per heavy atom. The van der Waals surface area contributed by atoms with Gasteiger partial charge in [0.25, 0.3) is 0 Å². The van der Waals surface area contributed by atoms with E-state index in [-0.39, 0.29) is 5.92 Å². The van der Waals surface area contributed by atoms with Crippen LogP contribution in [0.5, 0.6) is 0 Å². The fraction of sp³-hybridized carbons (Fsp3) is 0.526. The first-order chi connectivity index (χ1) is 12.4. The molecule has 2 heterocycles. The van der Waals surface area contributed by atoms with Crippen LogP contribution in [0.25, 0.3) is 0 Å². The largest absolute Gasteiger partial charge is 0.347 e. The molecule has 0 aliphatic carbocycles. The van der Waals surface area contributed by atoms with Crippen LogP contribution >= 0.6 is 11.6 Å². The van der Waals surface area contributed by atoms with E-state index in [0.29, 0.717) is 0 Å². The summed E-state index contributed by atoms with van der Waals surface area (Å²) in [5.41, 5.74) is 1.25. The predicted octanol–water partition coefficient (Wildman–Crippen LogP) is 3.04. The van der Waals surface area contributed by atoms with Gasteiger partial charge in [0.2, 0.25) is 11.9 Å². The molecule has 0 bridgehead atoms. The van der Waals surface area contributed by atoms with Crippen molar-refractivity contribution in [2.45, 2.75) is 26.3 Å². The Balaban J connectivity index is 1.67. The summed E-state index contributed by atoms with van der Waals surface area (Å²) in [6.45, 7) is 8.93. The molecule has 0 N–H and O–H groups in total. The van der Waals surface area contributed by atoms with Gasteiger partial charge in [0.15, 0.2) is 0 Å². The fourth-order valence-electron chi connectivity index (χ4n) is 2.97. The smallest absolute Gasteiger partial charge is 0.230 e. The average Bonchev–Trinajstić information content (AvgIpc) is 2.62. The van der Waals surface area contributed by atoms with Gasteiger partial charge in [-0.1, -0.05) is 37.6 Å². The molecule has 1 aliphatic heterocycles. The van der Waals surface area contributed by atoms with Crippen LogP contribution in [-0.4, -0.2) is 60.1 Å². The van der Waals surface area contributed by atoms with E-state index in [1.807, 2.05) is 37.2 Å². The highest BCUT2D eigenvalue weighted by Gasteiger charge is 2.21. The van der Waals surface area contributed by atoms with Gasteiger partial charge in [0.1, 0.15) is 5.82 Å². The molecule has 140 valence electrons. The molecule has 7 heteroatoms. The Morgan fingerprint density at radius 2 is 1.81 bits per heavy atom. The SMILES string of the molecule is CC(C)c1nc(N(C)C)nc(N2CCN(Cc3cccc(Cl)c3)CC2)n1. The Hall–Kier alpha value is -1.92. The highest BCUT2D eigenvalue weighted by molar-refractivity contribution is 6.30. The summed E-state index contributed by atoms with van der Waals surface area (Å²) in [4.78, 5) is 20.6. The van der Waals surface area contributed by atoms with Gasteiger partial charge in [0.05, 0.1) is 0 Å². The molecule has 1 saturated heterocycles. The molecule has 0 spiro atoms. The summed E-state index contributed by atoms with van der Waals surface area (Å²) in [7, 11) is 3.93. The van der Waals surface area contributed by atoms with Gasteiger partial charge in [-0.2, -0.15) is 15.0 Å². The minimum absolute atomic E-state index is 0.277. The van der Waals surface area contributed by atoms with Gasteiger partial charge in [-0.3, -0.25) is 4.90 Å². The molecule has 1 aliphatic rings. The number of anilines is 2. The molecular formula is C19H27ClN6. The second-order valence-corrected chi connectivity index (χ2v) is 7.67. The molecule has 6 nitrogen and oxygen atoms in total. The first kappa shape index (κ1) is 18.9. The van der Waals surface area contributed by atoms with E-state index in [2.05, 4.69) is 39.7 Å². The van der Waals surface area contributed by atoms with Crippen molar-refractivity contribution in [1.82, 2.24) is 19.9 Å². The number of piperazine rings is 1. The molecule has 1 fully saturated rings. The minimum atomic E-state index is 0.277. The Morgan fingerprint density at radius 1 is 1.08 bits per heavy atom. The minimum Gasteiger partial charge on any atom is -0.347 e. The van der Waals surface area contributed by atoms with E-state index in [9.17, 15) is 0 Å². The van der Waals surface area contributed by atoms with Crippen LogP contribution in [-0.2, 0) is 6.54 Å². The molecule has 0 saturated carbocycles. The summed E-state index contributed by atoms with van der Waals surface area (Å²) < 4.78 is 0. The maximum Gasteiger partial charge on any atom is 0.230 e. The molecule has 2 aromatic rings. The maximum atomic E-state index is 6.09. The molecule has 3 rings (SSSR count). The lowest BCUT2D eigenvalue weighted by molar-refractivity contribution is 0.248. The number of rotatable bonds is 5. The van der Waals surface area contributed by atoms with Gasteiger partial charge < -0.3 is 9.80 Å². The third kappa shape index (κ3) is 4.62. The summed E-state index contributed by atoms with van der Waals surface area (Å²) in [5.74, 6) is 2.63. The highest BCUT2D eigenvalue weighted by atomic mass is 35.5. The Kier molecular flexibility index (Phi) is 5.94. The number of nitrogens with zero attached hydrogens (tertiary/aromatic N) is 6. The average molecular weight is 375 g/mol. The normalized spacial score (nSPS) is 15.5. The van der Waals surface area contributed by atoms with Crippen LogP contribution < -0.4 is 9.80 Å². The molecule has 26 heavy (non-hydrogen) atoms. The molecule has 0 radical (unpaired) electrons. The van der Waals surface area contributed by atoms with Crippen molar-refractivity contribution in [2.75, 3.05) is 50.1 Å². The molecule has 0 unspecified atom stereocenters. The zero-order chi connectivity index (χ0) is 18.7. The molecular weight excluding hydrogens is 348 g/mol. The van der Waals surface area contributed by atoms with Crippen LogP contribution in [0.1, 0.15) is 31.2 Å². The lowest BCUT2D eigenvalue weighted by atomic mass is 10.2. The van der Waals surface area contributed by atoms with Gasteiger partial charge in [0, 0.05) is 57.8 Å². The van der Waals surface area contributed by atoms with Crippen LogP contribution in [0.4, 0.5) is 11.9 Å². The summed E-state index contributed by atoms with van der Waals surface area (Å²) in [5, 5.41) is 0.795. The van der Waals surface area contributed by atoms with E-state index >= 15 is 0 Å². The summed E-state index contributed by atoms with van der Waals surface area (Å²) >= 11 is 6.09. The monoisotopic (exact) mass is 374 g/mol. The van der Waals surface area contributed by atoms with Crippen molar-refractivity contribution in [2.24, 2.45) is 0 Å². The highest BCUT2D eigenvalue weighted by Crippen LogP contribution is 2.20. The van der Waals surface area contributed by atoms with Crippen molar-refractivity contribution in [3.05, 3.63) is 40.7 Å². The third-order valence-corrected chi connectivity index (χ3v) is 4.73. The van der Waals surface area contributed by atoms with E-state index in [0.717, 1.165) is 55.5 Å². The number of aromatic nitrogens is 3. The van der Waals surface area contributed by atoms with Crippen molar-refractivity contribution in [3.8, 4) is 0 Å². The summed E-state index contributed by atoms with van der Waals surface area (Å²) in [6.07, 6.45) is 0. The third-order valence-electron chi connectivity index (χ3n) is 4.50. The van der Waals surface area contributed by atoms with Crippen LogP contribution in [0.3, 0.4) is 0 Å². The number of hydrogen-bond donors (Lipinski definition) is 0. The number of benzene rings is 1.